The molecule has 5 rings (SSSR count). The highest BCUT2D eigenvalue weighted by atomic mass is 32.2. The molecular weight excluding hydrogens is 504 g/mol. The van der Waals surface area contributed by atoms with Crippen molar-refractivity contribution in [1.29, 1.82) is 0 Å². The van der Waals surface area contributed by atoms with Crippen LogP contribution in [0.3, 0.4) is 0 Å². The fraction of sp³-hybridized carbons (Fsp3) is 0.516. The summed E-state index contributed by atoms with van der Waals surface area (Å²) in [7, 11) is 0. The summed E-state index contributed by atoms with van der Waals surface area (Å²) >= 11 is 1.82. The topological polar surface area (TPSA) is 68.1 Å². The third kappa shape index (κ3) is 7.42. The maximum absolute atomic E-state index is 6.19. The van der Waals surface area contributed by atoms with Gasteiger partial charge in [0.05, 0.1) is 18.4 Å². The summed E-state index contributed by atoms with van der Waals surface area (Å²) in [5, 5.41) is 14.2. The third-order valence-electron chi connectivity index (χ3n) is 7.71. The molecule has 39 heavy (non-hydrogen) atoms. The van der Waals surface area contributed by atoms with Crippen molar-refractivity contribution in [3.8, 4) is 23.3 Å². The number of ether oxygens (including phenoxy) is 1. The quantitative estimate of drug-likeness (QED) is 0.362. The largest absolute Gasteiger partial charge is 0.486 e. The first-order valence-corrected chi connectivity index (χ1v) is 15.2. The first kappa shape index (κ1) is 27.7. The zero-order valence-electron chi connectivity index (χ0n) is 23.4. The number of nitrogens with one attached hydrogen (secondary N) is 1. The average molecular weight is 545 g/mol. The van der Waals surface area contributed by atoms with E-state index < -0.39 is 0 Å². The van der Waals surface area contributed by atoms with E-state index in [1.54, 1.807) is 6.20 Å². The second-order valence-corrected chi connectivity index (χ2v) is 12.1. The number of aromatic nitrogens is 4. The fourth-order valence-corrected chi connectivity index (χ4v) is 6.61. The van der Waals surface area contributed by atoms with Crippen LogP contribution < -0.4 is 10.1 Å². The van der Waals surface area contributed by atoms with Crippen molar-refractivity contribution in [3.05, 3.63) is 59.7 Å². The Morgan fingerprint density at radius 3 is 2.64 bits per heavy atom. The zero-order valence-corrected chi connectivity index (χ0v) is 24.2. The summed E-state index contributed by atoms with van der Waals surface area (Å²) in [6.07, 6.45) is 11.1. The second-order valence-electron chi connectivity index (χ2n) is 10.8. The number of rotatable bonds is 9. The predicted molar refractivity (Wildman–Crippen MR) is 157 cm³/mol. The highest BCUT2D eigenvalue weighted by Gasteiger charge is 2.22. The first-order valence-electron chi connectivity index (χ1n) is 14.3. The SMILES string of the molecule is Cc1cc(OCc2nnc(SC3CCCC3)n2-c2cccnc2)ccc1C#CCNC1CCN(C(C)C)CC1. The summed E-state index contributed by atoms with van der Waals surface area (Å²) in [4.78, 5) is 6.86. The summed E-state index contributed by atoms with van der Waals surface area (Å²) in [5.41, 5.74) is 3.10. The number of nitrogens with zero attached hydrogens (tertiary/aromatic N) is 5. The molecule has 206 valence electrons. The van der Waals surface area contributed by atoms with E-state index in [4.69, 9.17) is 4.74 Å². The van der Waals surface area contributed by atoms with Gasteiger partial charge in [-0.05, 0) is 95.4 Å². The van der Waals surface area contributed by atoms with Crippen molar-refractivity contribution in [2.75, 3.05) is 19.6 Å². The molecule has 2 fully saturated rings. The molecule has 1 saturated heterocycles. The molecule has 1 aliphatic heterocycles. The predicted octanol–water partition coefficient (Wildman–Crippen LogP) is 5.40. The number of piperidine rings is 1. The Kier molecular flexibility index (Phi) is 9.57. The summed E-state index contributed by atoms with van der Waals surface area (Å²) in [5.74, 6) is 8.23. The minimum absolute atomic E-state index is 0.330. The lowest BCUT2D eigenvalue weighted by Crippen LogP contribution is -2.45. The number of pyridine rings is 1. The Bertz CT molecular complexity index is 1270. The van der Waals surface area contributed by atoms with Gasteiger partial charge in [-0.1, -0.05) is 36.4 Å². The minimum Gasteiger partial charge on any atom is -0.486 e. The zero-order chi connectivity index (χ0) is 27.0. The van der Waals surface area contributed by atoms with Crippen molar-refractivity contribution in [2.45, 2.75) is 88.4 Å². The lowest BCUT2D eigenvalue weighted by Gasteiger charge is -2.34. The monoisotopic (exact) mass is 544 g/mol. The third-order valence-corrected chi connectivity index (χ3v) is 8.99. The molecule has 1 aromatic carbocycles. The molecular formula is C31H40N6OS. The van der Waals surface area contributed by atoms with Gasteiger partial charge in [0.2, 0.25) is 0 Å². The highest BCUT2D eigenvalue weighted by Crippen LogP contribution is 2.35. The lowest BCUT2D eigenvalue weighted by molar-refractivity contribution is 0.163. The van der Waals surface area contributed by atoms with Crippen LogP contribution in [0, 0.1) is 18.8 Å². The number of aryl methyl sites for hydroxylation is 1. The molecule has 2 aliphatic rings. The first-order chi connectivity index (χ1) is 19.1. The van der Waals surface area contributed by atoms with E-state index in [1.165, 1.54) is 51.6 Å². The van der Waals surface area contributed by atoms with E-state index in [0.717, 1.165) is 40.1 Å². The van der Waals surface area contributed by atoms with Gasteiger partial charge in [-0.2, -0.15) is 0 Å². The number of hydrogen-bond acceptors (Lipinski definition) is 7. The lowest BCUT2D eigenvalue weighted by atomic mass is 10.0. The van der Waals surface area contributed by atoms with Gasteiger partial charge in [0.15, 0.2) is 11.0 Å². The van der Waals surface area contributed by atoms with Crippen LogP contribution in [-0.4, -0.2) is 61.6 Å². The molecule has 7 nitrogen and oxygen atoms in total. The molecule has 0 bridgehead atoms. The van der Waals surface area contributed by atoms with Crippen molar-refractivity contribution in [2.24, 2.45) is 0 Å². The molecule has 0 amide bonds. The Hall–Kier alpha value is -2.86. The molecule has 8 heteroatoms. The van der Waals surface area contributed by atoms with Crippen molar-refractivity contribution < 1.29 is 4.74 Å². The molecule has 0 radical (unpaired) electrons. The Labute approximate surface area is 237 Å². The number of thioether (sulfide) groups is 1. The highest BCUT2D eigenvalue weighted by molar-refractivity contribution is 7.99. The van der Waals surface area contributed by atoms with Crippen LogP contribution >= 0.6 is 11.8 Å². The smallest absolute Gasteiger partial charge is 0.196 e. The van der Waals surface area contributed by atoms with Crippen LogP contribution in [0.5, 0.6) is 5.75 Å². The van der Waals surface area contributed by atoms with Crippen LogP contribution in [0.4, 0.5) is 0 Å². The van der Waals surface area contributed by atoms with Gasteiger partial charge in [0, 0.05) is 29.1 Å². The van der Waals surface area contributed by atoms with E-state index in [2.05, 4.69) is 68.6 Å². The van der Waals surface area contributed by atoms with Gasteiger partial charge in [0.25, 0.3) is 0 Å². The molecule has 0 spiro atoms. The van der Waals surface area contributed by atoms with Gasteiger partial charge in [-0.15, -0.1) is 10.2 Å². The van der Waals surface area contributed by atoms with Crippen LogP contribution in [-0.2, 0) is 6.61 Å². The molecule has 1 saturated carbocycles. The van der Waals surface area contributed by atoms with Crippen LogP contribution in [0.2, 0.25) is 0 Å². The Balaban J connectivity index is 1.18. The van der Waals surface area contributed by atoms with Crippen molar-refractivity contribution in [1.82, 2.24) is 30.0 Å². The van der Waals surface area contributed by atoms with Crippen molar-refractivity contribution >= 4 is 11.8 Å². The van der Waals surface area contributed by atoms with Crippen LogP contribution in [0.15, 0.2) is 47.9 Å². The standard InChI is InChI=1S/C31H40N6OS/c1-23(2)36-18-14-26(15-19-36)33-17-6-8-25-12-13-28(20-24(25)3)38-22-30-34-35-31(39-29-10-4-5-11-29)37(30)27-9-7-16-32-21-27/h7,9,12-13,16,20-21,23,26,29,33H,4-5,10-11,14-15,17-19,22H2,1-3H3. The van der Waals surface area contributed by atoms with Gasteiger partial charge in [-0.25, -0.2) is 0 Å². The van der Waals surface area contributed by atoms with Gasteiger partial charge < -0.3 is 15.0 Å². The minimum atomic E-state index is 0.330. The van der Waals surface area contributed by atoms with Crippen LogP contribution in [0.25, 0.3) is 5.69 Å². The van der Waals surface area contributed by atoms with E-state index in [0.29, 0.717) is 23.9 Å². The van der Waals surface area contributed by atoms with E-state index >= 15 is 0 Å². The number of hydrogen-bond donors (Lipinski definition) is 1. The second kappa shape index (κ2) is 13.5. The average Bonchev–Trinajstić information content (AvgIpc) is 3.62. The molecule has 0 atom stereocenters. The van der Waals surface area contributed by atoms with Gasteiger partial charge >= 0.3 is 0 Å². The summed E-state index contributed by atoms with van der Waals surface area (Å²) < 4.78 is 8.27. The van der Waals surface area contributed by atoms with E-state index in [9.17, 15) is 0 Å². The summed E-state index contributed by atoms with van der Waals surface area (Å²) in [6, 6.07) is 11.3. The molecule has 1 aliphatic carbocycles. The molecule has 2 aromatic heterocycles. The number of likely N-dealkylation sites (tertiary alicyclic amines) is 1. The van der Waals surface area contributed by atoms with Crippen LogP contribution in [0.1, 0.15) is 69.3 Å². The van der Waals surface area contributed by atoms with E-state index in [1.807, 2.05) is 42.2 Å². The van der Waals surface area contributed by atoms with Gasteiger partial charge in [0.1, 0.15) is 12.4 Å². The Morgan fingerprint density at radius 1 is 1.10 bits per heavy atom. The fourth-order valence-electron chi connectivity index (χ4n) is 5.34. The molecule has 1 N–H and O–H groups in total. The van der Waals surface area contributed by atoms with Crippen molar-refractivity contribution in [3.63, 3.8) is 0 Å². The molecule has 3 aromatic rings. The molecule has 3 heterocycles. The number of benzene rings is 1. The molecule has 0 unspecified atom stereocenters. The Morgan fingerprint density at radius 2 is 1.92 bits per heavy atom. The van der Waals surface area contributed by atoms with E-state index in [-0.39, 0.29) is 0 Å². The normalized spacial score (nSPS) is 16.9. The maximum atomic E-state index is 6.19. The van der Waals surface area contributed by atoms with Gasteiger partial charge in [-0.3, -0.25) is 9.55 Å². The maximum Gasteiger partial charge on any atom is 0.196 e. The summed E-state index contributed by atoms with van der Waals surface area (Å²) in [6.45, 7) is 10.0.